The maximum absolute atomic E-state index is 5.27. The van der Waals surface area contributed by atoms with Gasteiger partial charge in [-0.2, -0.15) is 0 Å². The molecule has 1 fully saturated rings. The third kappa shape index (κ3) is 3.15. The number of rotatable bonds is 4. The van der Waals surface area contributed by atoms with E-state index in [0.29, 0.717) is 12.0 Å². The lowest BCUT2D eigenvalue weighted by Crippen LogP contribution is -2.28. The van der Waals surface area contributed by atoms with E-state index in [4.69, 9.17) is 4.98 Å². The Hall–Kier alpha value is -2.92. The summed E-state index contributed by atoms with van der Waals surface area (Å²) in [6.07, 6.45) is 4.20. The maximum Gasteiger partial charge on any atom is 0.147 e. The SMILES string of the molecule is CC(C)n1c(C2CCNCC2)nc(-c2ccccc2)c1-n1cnc2ccccc21. The van der Waals surface area contributed by atoms with E-state index in [1.54, 1.807) is 0 Å². The zero-order valence-electron chi connectivity index (χ0n) is 17.0. The van der Waals surface area contributed by atoms with Gasteiger partial charge in [0.25, 0.3) is 0 Å². The quantitative estimate of drug-likeness (QED) is 0.541. The Morgan fingerprint density at radius 3 is 2.45 bits per heavy atom. The van der Waals surface area contributed by atoms with Crippen LogP contribution in [0.5, 0.6) is 0 Å². The molecule has 1 N–H and O–H groups in total. The highest BCUT2D eigenvalue weighted by molar-refractivity contribution is 5.79. The number of nitrogens with zero attached hydrogens (tertiary/aromatic N) is 4. The molecule has 29 heavy (non-hydrogen) atoms. The van der Waals surface area contributed by atoms with Gasteiger partial charge in [-0.3, -0.25) is 4.57 Å². The highest BCUT2D eigenvalue weighted by atomic mass is 15.2. The number of nitrogens with one attached hydrogen (secondary N) is 1. The van der Waals surface area contributed by atoms with Crippen LogP contribution in [0, 0.1) is 0 Å². The minimum atomic E-state index is 0.306. The second-order valence-corrected chi connectivity index (χ2v) is 8.10. The summed E-state index contributed by atoms with van der Waals surface area (Å²) in [5.74, 6) is 2.80. The van der Waals surface area contributed by atoms with Crippen LogP contribution < -0.4 is 5.32 Å². The van der Waals surface area contributed by atoms with Crippen LogP contribution in [0.25, 0.3) is 28.1 Å². The minimum Gasteiger partial charge on any atom is -0.317 e. The Balaban J connectivity index is 1.80. The Morgan fingerprint density at radius 1 is 0.966 bits per heavy atom. The standard InChI is InChI=1S/C24H27N5/c1-17(2)29-23(19-12-14-25-15-13-19)27-22(18-8-4-3-5-9-18)24(29)28-16-26-20-10-6-7-11-21(20)28/h3-11,16-17,19,25H,12-15H2,1-2H3. The van der Waals surface area contributed by atoms with Gasteiger partial charge in [0.2, 0.25) is 0 Å². The molecule has 4 aromatic rings. The van der Waals surface area contributed by atoms with E-state index < -0.39 is 0 Å². The molecule has 0 bridgehead atoms. The lowest BCUT2D eigenvalue weighted by atomic mass is 9.97. The van der Waals surface area contributed by atoms with Crippen molar-refractivity contribution in [3.05, 3.63) is 66.7 Å². The number of benzene rings is 2. The smallest absolute Gasteiger partial charge is 0.147 e. The van der Waals surface area contributed by atoms with E-state index in [1.807, 2.05) is 12.4 Å². The lowest BCUT2D eigenvalue weighted by Gasteiger charge is -2.25. The molecule has 3 heterocycles. The van der Waals surface area contributed by atoms with E-state index in [-0.39, 0.29) is 0 Å². The van der Waals surface area contributed by atoms with Crippen LogP contribution in [-0.4, -0.2) is 32.2 Å². The predicted octanol–water partition coefficient (Wildman–Crippen LogP) is 4.94. The number of fused-ring (bicyclic) bond motifs is 1. The van der Waals surface area contributed by atoms with Gasteiger partial charge in [0.15, 0.2) is 0 Å². The summed E-state index contributed by atoms with van der Waals surface area (Å²) in [6, 6.07) is 19.2. The fourth-order valence-corrected chi connectivity index (χ4v) is 4.47. The average molecular weight is 386 g/mol. The number of aromatic nitrogens is 4. The highest BCUT2D eigenvalue weighted by Gasteiger charge is 2.28. The zero-order chi connectivity index (χ0) is 19.8. The molecule has 2 aromatic carbocycles. The fraction of sp³-hybridized carbons (Fsp3) is 0.333. The molecule has 0 saturated carbocycles. The van der Waals surface area contributed by atoms with Crippen LogP contribution in [0.3, 0.4) is 0 Å². The van der Waals surface area contributed by atoms with Gasteiger partial charge < -0.3 is 9.88 Å². The third-order valence-corrected chi connectivity index (χ3v) is 5.86. The summed E-state index contributed by atoms with van der Waals surface area (Å²) < 4.78 is 4.65. The van der Waals surface area contributed by atoms with Crippen molar-refractivity contribution >= 4 is 11.0 Å². The molecule has 1 aliphatic rings. The summed E-state index contributed by atoms with van der Waals surface area (Å²) in [5.41, 5.74) is 4.31. The molecule has 1 aliphatic heterocycles. The molecule has 0 unspecified atom stereocenters. The molecular formula is C24H27N5. The third-order valence-electron chi connectivity index (χ3n) is 5.86. The van der Waals surface area contributed by atoms with Gasteiger partial charge >= 0.3 is 0 Å². The summed E-state index contributed by atoms with van der Waals surface area (Å²) in [6.45, 7) is 6.62. The van der Waals surface area contributed by atoms with Crippen molar-refractivity contribution in [3.63, 3.8) is 0 Å². The van der Waals surface area contributed by atoms with E-state index in [0.717, 1.165) is 54.0 Å². The number of hydrogen-bond acceptors (Lipinski definition) is 3. The number of hydrogen-bond donors (Lipinski definition) is 1. The van der Waals surface area contributed by atoms with Gasteiger partial charge in [-0.25, -0.2) is 9.97 Å². The van der Waals surface area contributed by atoms with Crippen molar-refractivity contribution in [1.82, 2.24) is 24.4 Å². The largest absolute Gasteiger partial charge is 0.317 e. The summed E-state index contributed by atoms with van der Waals surface area (Å²) in [5, 5.41) is 3.49. The van der Waals surface area contributed by atoms with Gasteiger partial charge in [0.1, 0.15) is 23.7 Å². The second kappa shape index (κ2) is 7.48. The molecule has 2 aromatic heterocycles. The molecule has 5 heteroatoms. The van der Waals surface area contributed by atoms with Gasteiger partial charge in [-0.15, -0.1) is 0 Å². The zero-order valence-corrected chi connectivity index (χ0v) is 17.0. The molecule has 5 rings (SSSR count). The first-order valence-electron chi connectivity index (χ1n) is 10.5. The first-order valence-corrected chi connectivity index (χ1v) is 10.5. The van der Waals surface area contributed by atoms with Crippen molar-refractivity contribution in [2.45, 2.75) is 38.6 Å². The molecule has 1 saturated heterocycles. The molecule has 0 aliphatic carbocycles. The van der Waals surface area contributed by atoms with Crippen LogP contribution in [0.15, 0.2) is 60.9 Å². The average Bonchev–Trinajstić information content (AvgIpc) is 3.36. The summed E-state index contributed by atoms with van der Waals surface area (Å²) in [4.78, 5) is 9.94. The molecule has 0 atom stereocenters. The molecular weight excluding hydrogens is 358 g/mol. The van der Waals surface area contributed by atoms with Crippen LogP contribution >= 0.6 is 0 Å². The van der Waals surface area contributed by atoms with Gasteiger partial charge in [-0.1, -0.05) is 42.5 Å². The first-order chi connectivity index (χ1) is 14.2. The normalized spacial score (nSPS) is 15.4. The van der Waals surface area contributed by atoms with E-state index in [2.05, 4.69) is 81.8 Å². The first kappa shape index (κ1) is 18.1. The molecule has 148 valence electrons. The van der Waals surface area contributed by atoms with Crippen LogP contribution in [0.2, 0.25) is 0 Å². The van der Waals surface area contributed by atoms with Crippen molar-refractivity contribution in [1.29, 1.82) is 0 Å². The number of piperidine rings is 1. The molecule has 0 radical (unpaired) electrons. The minimum absolute atomic E-state index is 0.306. The molecule has 0 amide bonds. The maximum atomic E-state index is 5.27. The van der Waals surface area contributed by atoms with Gasteiger partial charge in [-0.05, 0) is 51.9 Å². The predicted molar refractivity (Wildman–Crippen MR) is 118 cm³/mol. The Labute approximate surface area is 171 Å². The van der Waals surface area contributed by atoms with Crippen LogP contribution in [0.1, 0.15) is 44.5 Å². The van der Waals surface area contributed by atoms with E-state index >= 15 is 0 Å². The van der Waals surface area contributed by atoms with E-state index in [9.17, 15) is 0 Å². The fourth-order valence-electron chi connectivity index (χ4n) is 4.47. The highest BCUT2D eigenvalue weighted by Crippen LogP contribution is 2.36. The Morgan fingerprint density at radius 2 is 1.69 bits per heavy atom. The number of imidazole rings is 2. The van der Waals surface area contributed by atoms with Crippen molar-refractivity contribution < 1.29 is 0 Å². The summed E-state index contributed by atoms with van der Waals surface area (Å²) >= 11 is 0. The van der Waals surface area contributed by atoms with E-state index in [1.165, 1.54) is 5.82 Å². The summed E-state index contributed by atoms with van der Waals surface area (Å²) in [7, 11) is 0. The molecule has 0 spiro atoms. The van der Waals surface area contributed by atoms with Crippen molar-refractivity contribution in [3.8, 4) is 17.1 Å². The molecule has 5 nitrogen and oxygen atoms in total. The van der Waals surface area contributed by atoms with Crippen LogP contribution in [-0.2, 0) is 0 Å². The van der Waals surface area contributed by atoms with Gasteiger partial charge in [0.05, 0.1) is 11.0 Å². The topological polar surface area (TPSA) is 47.7 Å². The monoisotopic (exact) mass is 385 g/mol. The van der Waals surface area contributed by atoms with Crippen molar-refractivity contribution in [2.24, 2.45) is 0 Å². The van der Waals surface area contributed by atoms with Crippen LogP contribution in [0.4, 0.5) is 0 Å². The Kier molecular flexibility index (Phi) is 4.68. The van der Waals surface area contributed by atoms with Crippen molar-refractivity contribution in [2.75, 3.05) is 13.1 Å². The van der Waals surface area contributed by atoms with Gasteiger partial charge in [0, 0.05) is 17.5 Å². The second-order valence-electron chi connectivity index (χ2n) is 8.10. The number of para-hydroxylation sites is 2. The lowest BCUT2D eigenvalue weighted by molar-refractivity contribution is 0.419. The Bertz CT molecular complexity index is 1120.